The monoisotopic (exact) mass is 393 g/mol. The van der Waals surface area contributed by atoms with Crippen molar-refractivity contribution in [3.05, 3.63) is 57.8 Å². The Hall–Kier alpha value is -1.86. The summed E-state index contributed by atoms with van der Waals surface area (Å²) in [6, 6.07) is 13.5. The highest BCUT2D eigenvalue weighted by Gasteiger charge is 2.11. The molecule has 5 nitrogen and oxygen atoms in total. The number of rotatable bonds is 9. The Bertz CT molecular complexity index is 799. The average Bonchev–Trinajstić information content (AvgIpc) is 3.02. The van der Waals surface area contributed by atoms with Gasteiger partial charge in [0.05, 0.1) is 18.1 Å². The van der Waals surface area contributed by atoms with Crippen molar-refractivity contribution in [1.82, 2.24) is 10.6 Å². The molecule has 0 radical (unpaired) electrons. The minimum atomic E-state index is -3.10. The second-order valence-corrected chi connectivity index (χ2v) is 9.62. The molecular formula is C19H27N3O2S2. The second kappa shape index (κ2) is 10.3. The van der Waals surface area contributed by atoms with Crippen LogP contribution < -0.4 is 10.6 Å². The first-order chi connectivity index (χ1) is 12.5. The summed E-state index contributed by atoms with van der Waals surface area (Å²) in [5.41, 5.74) is 0.835. The zero-order valence-electron chi connectivity index (χ0n) is 15.4. The van der Waals surface area contributed by atoms with Gasteiger partial charge in [0.2, 0.25) is 0 Å². The molecule has 2 rings (SSSR count). The van der Waals surface area contributed by atoms with Crippen LogP contribution in [0.15, 0.2) is 47.5 Å². The number of nitrogens with one attached hydrogen (secondary N) is 2. The molecule has 0 bridgehead atoms. The summed E-state index contributed by atoms with van der Waals surface area (Å²) in [4.78, 5) is 7.04. The molecule has 142 valence electrons. The molecule has 7 heteroatoms. The van der Waals surface area contributed by atoms with Crippen LogP contribution in [0.25, 0.3) is 0 Å². The molecule has 0 aliphatic heterocycles. The third kappa shape index (κ3) is 7.58. The van der Waals surface area contributed by atoms with Crippen LogP contribution in [-0.4, -0.2) is 33.2 Å². The predicted octanol–water partition coefficient (Wildman–Crippen LogP) is 3.12. The quantitative estimate of drug-likeness (QED) is 0.390. The zero-order valence-corrected chi connectivity index (χ0v) is 17.0. The second-order valence-electron chi connectivity index (χ2n) is 6.07. The predicted molar refractivity (Wildman–Crippen MR) is 110 cm³/mol. The Morgan fingerprint density at radius 3 is 2.54 bits per heavy atom. The Kier molecular flexibility index (Phi) is 8.12. The summed E-state index contributed by atoms with van der Waals surface area (Å²) in [6.45, 7) is 6.05. The van der Waals surface area contributed by atoms with Crippen molar-refractivity contribution in [2.45, 2.75) is 32.6 Å². The summed E-state index contributed by atoms with van der Waals surface area (Å²) in [5.74, 6) is 0.983. The topological polar surface area (TPSA) is 70.6 Å². The summed E-state index contributed by atoms with van der Waals surface area (Å²) in [7, 11) is -3.10. The van der Waals surface area contributed by atoms with E-state index < -0.39 is 9.84 Å². The SMILES string of the molecule is CCNC(=NCc1ccc(C)s1)NCCCS(=O)(=O)Cc1ccccc1. The molecule has 0 unspecified atom stereocenters. The van der Waals surface area contributed by atoms with E-state index in [1.54, 1.807) is 11.3 Å². The molecule has 2 N–H and O–H groups in total. The fraction of sp³-hybridized carbons (Fsp3) is 0.421. The molecule has 1 aromatic heterocycles. The maximum atomic E-state index is 12.2. The first-order valence-corrected chi connectivity index (χ1v) is 11.4. The summed E-state index contributed by atoms with van der Waals surface area (Å²) in [5, 5.41) is 6.40. The molecule has 0 saturated heterocycles. The van der Waals surface area contributed by atoms with E-state index in [2.05, 4.69) is 34.7 Å². The number of nitrogens with zero attached hydrogens (tertiary/aromatic N) is 1. The van der Waals surface area contributed by atoms with Crippen LogP contribution in [-0.2, 0) is 22.1 Å². The molecule has 26 heavy (non-hydrogen) atoms. The number of hydrogen-bond donors (Lipinski definition) is 2. The number of sulfone groups is 1. The smallest absolute Gasteiger partial charge is 0.191 e. The lowest BCUT2D eigenvalue weighted by Gasteiger charge is -2.11. The molecule has 0 aliphatic rings. The highest BCUT2D eigenvalue weighted by molar-refractivity contribution is 7.90. The van der Waals surface area contributed by atoms with Crippen molar-refractivity contribution in [3.63, 3.8) is 0 Å². The Morgan fingerprint density at radius 1 is 1.12 bits per heavy atom. The summed E-state index contributed by atoms with van der Waals surface area (Å²) >= 11 is 1.74. The van der Waals surface area contributed by atoms with Crippen molar-refractivity contribution in [1.29, 1.82) is 0 Å². The van der Waals surface area contributed by atoms with E-state index >= 15 is 0 Å². The van der Waals surface area contributed by atoms with Gasteiger partial charge in [-0.1, -0.05) is 30.3 Å². The van der Waals surface area contributed by atoms with Crippen LogP contribution >= 0.6 is 11.3 Å². The summed E-state index contributed by atoms with van der Waals surface area (Å²) in [6.07, 6.45) is 0.553. The van der Waals surface area contributed by atoms with Gasteiger partial charge in [-0.05, 0) is 38.0 Å². The van der Waals surface area contributed by atoms with Gasteiger partial charge in [-0.3, -0.25) is 0 Å². The largest absolute Gasteiger partial charge is 0.357 e. The van der Waals surface area contributed by atoms with Crippen LogP contribution in [0.2, 0.25) is 0 Å². The minimum absolute atomic E-state index is 0.0969. The Morgan fingerprint density at radius 2 is 1.88 bits per heavy atom. The lowest BCUT2D eigenvalue weighted by molar-refractivity contribution is 0.591. The molecular weight excluding hydrogens is 366 g/mol. The number of hydrogen-bond acceptors (Lipinski definition) is 4. The minimum Gasteiger partial charge on any atom is -0.357 e. The number of aryl methyl sites for hydroxylation is 1. The van der Waals surface area contributed by atoms with Gasteiger partial charge in [-0.25, -0.2) is 13.4 Å². The van der Waals surface area contributed by atoms with E-state index in [0.29, 0.717) is 19.5 Å². The van der Waals surface area contributed by atoms with Gasteiger partial charge in [0.15, 0.2) is 15.8 Å². The van der Waals surface area contributed by atoms with Crippen molar-refractivity contribution in [2.75, 3.05) is 18.8 Å². The molecule has 1 aromatic carbocycles. The van der Waals surface area contributed by atoms with Gasteiger partial charge >= 0.3 is 0 Å². The molecule has 0 fully saturated rings. The van der Waals surface area contributed by atoms with Gasteiger partial charge < -0.3 is 10.6 Å². The van der Waals surface area contributed by atoms with Crippen molar-refractivity contribution in [2.24, 2.45) is 4.99 Å². The summed E-state index contributed by atoms with van der Waals surface area (Å²) < 4.78 is 24.4. The van der Waals surface area contributed by atoms with Crippen LogP contribution in [0.4, 0.5) is 0 Å². The van der Waals surface area contributed by atoms with E-state index in [4.69, 9.17) is 0 Å². The van der Waals surface area contributed by atoms with E-state index in [1.165, 1.54) is 9.75 Å². The molecule has 0 amide bonds. The lowest BCUT2D eigenvalue weighted by atomic mass is 10.2. The van der Waals surface area contributed by atoms with Gasteiger partial charge in [0, 0.05) is 22.8 Å². The molecule has 0 aliphatic carbocycles. The van der Waals surface area contributed by atoms with Crippen LogP contribution in [0.3, 0.4) is 0 Å². The van der Waals surface area contributed by atoms with E-state index in [9.17, 15) is 8.42 Å². The van der Waals surface area contributed by atoms with Crippen LogP contribution in [0, 0.1) is 6.92 Å². The molecule has 2 aromatic rings. The fourth-order valence-corrected chi connectivity index (χ4v) is 4.71. The van der Waals surface area contributed by atoms with E-state index in [-0.39, 0.29) is 11.5 Å². The maximum Gasteiger partial charge on any atom is 0.191 e. The van der Waals surface area contributed by atoms with Crippen LogP contribution in [0.5, 0.6) is 0 Å². The average molecular weight is 394 g/mol. The normalized spacial score (nSPS) is 12.2. The fourth-order valence-electron chi connectivity index (χ4n) is 2.47. The van der Waals surface area contributed by atoms with Gasteiger partial charge in [-0.2, -0.15) is 0 Å². The third-order valence-corrected chi connectivity index (χ3v) is 6.36. The van der Waals surface area contributed by atoms with Crippen molar-refractivity contribution in [3.8, 4) is 0 Å². The standard InChI is InChI=1S/C19H27N3O2S2/c1-3-20-19(22-14-18-11-10-16(2)25-18)21-12-7-13-26(23,24)15-17-8-5-4-6-9-17/h4-6,8-11H,3,7,12-15H2,1-2H3,(H2,20,21,22). The number of thiophene rings is 1. The Balaban J connectivity index is 1.78. The lowest BCUT2D eigenvalue weighted by Crippen LogP contribution is -2.38. The van der Waals surface area contributed by atoms with Crippen LogP contribution in [0.1, 0.15) is 28.7 Å². The first-order valence-electron chi connectivity index (χ1n) is 8.80. The number of benzene rings is 1. The maximum absolute atomic E-state index is 12.2. The zero-order chi connectivity index (χ0) is 18.8. The highest BCUT2D eigenvalue weighted by atomic mass is 32.2. The van der Waals surface area contributed by atoms with E-state index in [1.807, 2.05) is 37.3 Å². The third-order valence-electron chi connectivity index (χ3n) is 3.69. The Labute approximate surface area is 160 Å². The van der Waals surface area contributed by atoms with Crippen molar-refractivity contribution >= 4 is 27.1 Å². The van der Waals surface area contributed by atoms with E-state index in [0.717, 1.165) is 18.1 Å². The van der Waals surface area contributed by atoms with Crippen molar-refractivity contribution < 1.29 is 8.42 Å². The highest BCUT2D eigenvalue weighted by Crippen LogP contribution is 2.15. The van der Waals surface area contributed by atoms with Gasteiger partial charge in [-0.15, -0.1) is 11.3 Å². The molecule has 0 saturated carbocycles. The number of guanidine groups is 1. The number of aliphatic imine (C=N–C) groups is 1. The first kappa shape index (κ1) is 20.5. The van der Waals surface area contributed by atoms with Gasteiger partial charge in [0.25, 0.3) is 0 Å². The molecule has 1 heterocycles. The molecule has 0 spiro atoms. The van der Waals surface area contributed by atoms with Gasteiger partial charge in [0.1, 0.15) is 0 Å². The molecule has 0 atom stereocenters.